The van der Waals surface area contributed by atoms with Gasteiger partial charge in [-0.05, 0) is 6.42 Å². The first kappa shape index (κ1) is 18.5. The van der Waals surface area contributed by atoms with Gasteiger partial charge in [0.05, 0.1) is 33.1 Å². The van der Waals surface area contributed by atoms with Crippen LogP contribution < -0.4 is 25.0 Å². The van der Waals surface area contributed by atoms with Gasteiger partial charge in [0.1, 0.15) is 17.5 Å². The third kappa shape index (κ3) is 4.25. The summed E-state index contributed by atoms with van der Waals surface area (Å²) in [4.78, 5) is 26.6. The van der Waals surface area contributed by atoms with E-state index in [0.717, 1.165) is 6.54 Å². The average molecular weight is 363 g/mol. The molecule has 2 aliphatic rings. The Morgan fingerprint density at radius 2 is 2.04 bits per heavy atom. The zero-order valence-electron chi connectivity index (χ0n) is 15.1. The maximum atomic E-state index is 12.7. The number of nitrogens with one attached hydrogen (secondary N) is 2. The Balaban J connectivity index is 1.61. The molecule has 2 N–H and O–H groups in total. The number of hydrogen-bond acceptors (Lipinski definition) is 6. The number of rotatable bonds is 6. The van der Waals surface area contributed by atoms with Crippen LogP contribution in [0.3, 0.4) is 0 Å². The maximum Gasteiger partial charge on any atom is 0.249 e. The number of methoxy groups -OCH3 is 2. The highest BCUT2D eigenvalue weighted by Gasteiger charge is 2.34. The van der Waals surface area contributed by atoms with Gasteiger partial charge in [0.25, 0.3) is 0 Å². The highest BCUT2D eigenvalue weighted by molar-refractivity contribution is 6.01. The van der Waals surface area contributed by atoms with Gasteiger partial charge in [-0.1, -0.05) is 0 Å². The first-order valence-electron chi connectivity index (χ1n) is 8.75. The molecular formula is C18H25N3O5. The first-order chi connectivity index (χ1) is 12.6. The van der Waals surface area contributed by atoms with Gasteiger partial charge < -0.3 is 29.7 Å². The molecule has 0 bridgehead atoms. The van der Waals surface area contributed by atoms with Crippen molar-refractivity contribution in [2.45, 2.75) is 24.9 Å². The van der Waals surface area contributed by atoms with Crippen molar-refractivity contribution in [1.82, 2.24) is 10.6 Å². The number of benzene rings is 1. The highest BCUT2D eigenvalue weighted by atomic mass is 16.5. The van der Waals surface area contributed by atoms with Crippen molar-refractivity contribution in [3.8, 4) is 11.5 Å². The molecule has 2 heterocycles. The second kappa shape index (κ2) is 8.37. The first-order valence-corrected chi connectivity index (χ1v) is 8.75. The van der Waals surface area contributed by atoms with Gasteiger partial charge in [0.15, 0.2) is 0 Å². The van der Waals surface area contributed by atoms with E-state index in [9.17, 15) is 9.59 Å². The quantitative estimate of drug-likeness (QED) is 0.756. The molecular weight excluding hydrogens is 338 g/mol. The number of carbonyl (C=O) groups excluding carboxylic acids is 2. The minimum atomic E-state index is -0.510. The zero-order valence-corrected chi connectivity index (χ0v) is 15.1. The lowest BCUT2D eigenvalue weighted by Gasteiger charge is -2.24. The summed E-state index contributed by atoms with van der Waals surface area (Å²) < 4.78 is 15.9. The van der Waals surface area contributed by atoms with E-state index in [1.807, 2.05) is 0 Å². The minimum absolute atomic E-state index is 0.000922. The fraction of sp³-hybridized carbons (Fsp3) is 0.556. The summed E-state index contributed by atoms with van der Waals surface area (Å²) in [5.41, 5.74) is 0.699. The molecule has 0 aromatic heterocycles. The molecule has 3 rings (SSSR count). The number of anilines is 1. The van der Waals surface area contributed by atoms with Gasteiger partial charge in [0, 0.05) is 43.8 Å². The maximum absolute atomic E-state index is 12.7. The van der Waals surface area contributed by atoms with Gasteiger partial charge in [-0.25, -0.2) is 0 Å². The summed E-state index contributed by atoms with van der Waals surface area (Å²) in [6.45, 7) is 2.45. The number of amides is 2. The number of nitrogens with zero attached hydrogens (tertiary/aromatic N) is 1. The number of morpholine rings is 1. The Bertz CT molecular complexity index is 638. The number of ether oxygens (including phenoxy) is 3. The molecule has 2 fully saturated rings. The molecule has 142 valence electrons. The van der Waals surface area contributed by atoms with E-state index >= 15 is 0 Å². The Labute approximate surface area is 152 Å². The number of carbonyl (C=O) groups is 2. The van der Waals surface area contributed by atoms with Crippen LogP contribution in [0.25, 0.3) is 0 Å². The minimum Gasteiger partial charge on any atom is -0.497 e. The van der Waals surface area contributed by atoms with Crippen LogP contribution >= 0.6 is 0 Å². The molecule has 8 nitrogen and oxygen atoms in total. The molecule has 2 aliphatic heterocycles. The third-order valence-corrected chi connectivity index (χ3v) is 4.62. The molecule has 0 saturated carbocycles. The predicted molar refractivity (Wildman–Crippen MR) is 95.7 cm³/mol. The van der Waals surface area contributed by atoms with Crippen LogP contribution in [0.4, 0.5) is 5.69 Å². The van der Waals surface area contributed by atoms with Crippen molar-refractivity contribution >= 4 is 17.5 Å². The second-order valence-electron chi connectivity index (χ2n) is 6.40. The van der Waals surface area contributed by atoms with Crippen LogP contribution in [0.2, 0.25) is 0 Å². The monoisotopic (exact) mass is 363 g/mol. The van der Waals surface area contributed by atoms with Gasteiger partial charge >= 0.3 is 0 Å². The Kier molecular flexibility index (Phi) is 5.95. The SMILES string of the molecule is COc1cc(OC)cc(N2CCC(NC(=O)CC3COCCN3)C2=O)c1. The summed E-state index contributed by atoms with van der Waals surface area (Å²) in [6, 6.07) is 4.81. The summed E-state index contributed by atoms with van der Waals surface area (Å²) in [5, 5.41) is 6.08. The summed E-state index contributed by atoms with van der Waals surface area (Å²) >= 11 is 0. The van der Waals surface area contributed by atoms with Crippen LogP contribution in [0.5, 0.6) is 11.5 Å². The normalized spacial score (nSPS) is 23.0. The molecule has 1 aromatic carbocycles. The molecule has 1 aromatic rings. The molecule has 0 spiro atoms. The number of hydrogen-bond donors (Lipinski definition) is 2. The lowest BCUT2D eigenvalue weighted by molar-refractivity contribution is -0.127. The van der Waals surface area contributed by atoms with E-state index in [0.29, 0.717) is 49.8 Å². The molecule has 2 unspecified atom stereocenters. The van der Waals surface area contributed by atoms with Crippen molar-refractivity contribution in [2.75, 3.05) is 45.4 Å². The van der Waals surface area contributed by atoms with Gasteiger partial charge in [-0.3, -0.25) is 9.59 Å². The lowest BCUT2D eigenvalue weighted by atomic mass is 10.1. The van der Waals surface area contributed by atoms with Crippen molar-refractivity contribution in [3.05, 3.63) is 18.2 Å². The zero-order chi connectivity index (χ0) is 18.5. The van der Waals surface area contributed by atoms with Gasteiger partial charge in [0.2, 0.25) is 11.8 Å². The van der Waals surface area contributed by atoms with E-state index in [4.69, 9.17) is 14.2 Å². The average Bonchev–Trinajstić information content (AvgIpc) is 3.02. The van der Waals surface area contributed by atoms with E-state index in [2.05, 4.69) is 10.6 Å². The van der Waals surface area contributed by atoms with Crippen LogP contribution in [-0.2, 0) is 14.3 Å². The molecule has 26 heavy (non-hydrogen) atoms. The van der Waals surface area contributed by atoms with E-state index in [1.165, 1.54) is 0 Å². The van der Waals surface area contributed by atoms with Crippen molar-refractivity contribution in [3.63, 3.8) is 0 Å². The summed E-state index contributed by atoms with van der Waals surface area (Å²) in [5.74, 6) is 0.962. The van der Waals surface area contributed by atoms with Crippen LogP contribution in [0.1, 0.15) is 12.8 Å². The van der Waals surface area contributed by atoms with Gasteiger partial charge in [-0.15, -0.1) is 0 Å². The molecule has 2 atom stereocenters. The van der Waals surface area contributed by atoms with Crippen molar-refractivity contribution < 1.29 is 23.8 Å². The third-order valence-electron chi connectivity index (χ3n) is 4.62. The van der Waals surface area contributed by atoms with Crippen LogP contribution in [0.15, 0.2) is 18.2 Å². The Hall–Kier alpha value is -2.32. The van der Waals surface area contributed by atoms with Crippen LogP contribution in [0, 0.1) is 0 Å². The van der Waals surface area contributed by atoms with Crippen molar-refractivity contribution in [2.24, 2.45) is 0 Å². The Morgan fingerprint density at radius 1 is 1.31 bits per heavy atom. The summed E-state index contributed by atoms with van der Waals surface area (Å²) in [6.07, 6.45) is 0.870. The topological polar surface area (TPSA) is 89.1 Å². The Morgan fingerprint density at radius 3 is 2.65 bits per heavy atom. The molecule has 0 aliphatic carbocycles. The van der Waals surface area contributed by atoms with Crippen molar-refractivity contribution in [1.29, 1.82) is 0 Å². The highest BCUT2D eigenvalue weighted by Crippen LogP contribution is 2.31. The molecule has 2 saturated heterocycles. The van der Waals surface area contributed by atoms with Gasteiger partial charge in [-0.2, -0.15) is 0 Å². The van der Waals surface area contributed by atoms with E-state index < -0.39 is 6.04 Å². The fourth-order valence-corrected chi connectivity index (χ4v) is 3.25. The summed E-state index contributed by atoms with van der Waals surface area (Å²) in [7, 11) is 3.13. The lowest BCUT2D eigenvalue weighted by Crippen LogP contribution is -2.47. The van der Waals surface area contributed by atoms with E-state index in [1.54, 1.807) is 37.3 Å². The standard InChI is InChI=1S/C18H25N3O5/c1-24-14-8-13(9-15(10-14)25-2)21-5-3-16(18(21)23)20-17(22)7-12-11-26-6-4-19-12/h8-10,12,16,19H,3-7,11H2,1-2H3,(H,20,22). The fourth-order valence-electron chi connectivity index (χ4n) is 3.25. The van der Waals surface area contributed by atoms with Crippen LogP contribution in [-0.4, -0.2) is 64.4 Å². The molecule has 0 radical (unpaired) electrons. The van der Waals surface area contributed by atoms with E-state index in [-0.39, 0.29) is 17.9 Å². The molecule has 2 amide bonds. The predicted octanol–water partition coefficient (Wildman–Crippen LogP) is 0.304. The largest absolute Gasteiger partial charge is 0.497 e. The second-order valence-corrected chi connectivity index (χ2v) is 6.40. The smallest absolute Gasteiger partial charge is 0.249 e. The molecule has 8 heteroatoms.